The van der Waals surface area contributed by atoms with Gasteiger partial charge in [-0.05, 0) is 43.2 Å². The third kappa shape index (κ3) is 5.47. The standard InChI is InChI=1S/C15H24ClFN2/c1-10(2)7-11(3)8-12(19-18)9-13-14(16)5-4-6-15(13)17/h4-6,10-12,19H,7-9,18H2,1-3H3. The molecule has 0 aliphatic heterocycles. The van der Waals surface area contributed by atoms with Gasteiger partial charge in [-0.2, -0.15) is 0 Å². The number of rotatable bonds is 7. The highest BCUT2D eigenvalue weighted by Crippen LogP contribution is 2.23. The van der Waals surface area contributed by atoms with Crippen LogP contribution in [0.1, 0.15) is 39.2 Å². The molecule has 0 radical (unpaired) electrons. The topological polar surface area (TPSA) is 38.0 Å². The molecule has 0 amide bonds. The number of halogens is 2. The molecule has 4 heteroatoms. The number of hydrazine groups is 1. The zero-order valence-electron chi connectivity index (χ0n) is 11.9. The van der Waals surface area contributed by atoms with E-state index >= 15 is 0 Å². The van der Waals surface area contributed by atoms with Crippen molar-refractivity contribution < 1.29 is 4.39 Å². The summed E-state index contributed by atoms with van der Waals surface area (Å²) in [5.41, 5.74) is 3.33. The Hall–Kier alpha value is -0.640. The van der Waals surface area contributed by atoms with Gasteiger partial charge in [-0.25, -0.2) is 4.39 Å². The molecule has 2 nitrogen and oxygen atoms in total. The predicted octanol–water partition coefficient (Wildman–Crippen LogP) is 3.93. The minimum atomic E-state index is -0.260. The molecule has 2 atom stereocenters. The Morgan fingerprint density at radius 1 is 1.26 bits per heavy atom. The van der Waals surface area contributed by atoms with Crippen molar-refractivity contribution in [1.82, 2.24) is 5.43 Å². The van der Waals surface area contributed by atoms with Crippen molar-refractivity contribution in [2.45, 2.75) is 46.1 Å². The summed E-state index contributed by atoms with van der Waals surface area (Å²) in [6, 6.07) is 4.81. The zero-order chi connectivity index (χ0) is 14.4. The minimum absolute atomic E-state index is 0.0446. The molecular weight excluding hydrogens is 263 g/mol. The van der Waals surface area contributed by atoms with E-state index in [-0.39, 0.29) is 11.9 Å². The Bertz CT molecular complexity index is 375. The Morgan fingerprint density at radius 2 is 1.95 bits per heavy atom. The van der Waals surface area contributed by atoms with E-state index < -0.39 is 0 Å². The quantitative estimate of drug-likeness (QED) is 0.589. The molecule has 0 aliphatic carbocycles. The maximum absolute atomic E-state index is 13.7. The van der Waals surface area contributed by atoms with Gasteiger partial charge in [0.1, 0.15) is 5.82 Å². The second-order valence-corrected chi connectivity index (χ2v) is 6.15. The van der Waals surface area contributed by atoms with E-state index in [4.69, 9.17) is 17.4 Å². The molecule has 1 rings (SSSR count). The van der Waals surface area contributed by atoms with E-state index in [0.717, 1.165) is 12.8 Å². The molecule has 108 valence electrons. The van der Waals surface area contributed by atoms with Gasteiger partial charge in [-0.15, -0.1) is 0 Å². The third-order valence-electron chi connectivity index (χ3n) is 3.31. The van der Waals surface area contributed by atoms with Crippen LogP contribution in [0.4, 0.5) is 4.39 Å². The van der Waals surface area contributed by atoms with Crippen molar-refractivity contribution in [2.24, 2.45) is 17.7 Å². The lowest BCUT2D eigenvalue weighted by atomic mass is 9.90. The first-order valence-electron chi connectivity index (χ1n) is 6.83. The minimum Gasteiger partial charge on any atom is -0.271 e. The Morgan fingerprint density at radius 3 is 2.47 bits per heavy atom. The van der Waals surface area contributed by atoms with Crippen molar-refractivity contribution in [3.8, 4) is 0 Å². The van der Waals surface area contributed by atoms with Crippen molar-refractivity contribution in [3.63, 3.8) is 0 Å². The molecule has 0 aromatic heterocycles. The highest BCUT2D eigenvalue weighted by atomic mass is 35.5. The fourth-order valence-electron chi connectivity index (χ4n) is 2.57. The maximum Gasteiger partial charge on any atom is 0.127 e. The maximum atomic E-state index is 13.7. The number of nitrogens with two attached hydrogens (primary N) is 1. The van der Waals surface area contributed by atoms with Crippen LogP contribution in [-0.4, -0.2) is 6.04 Å². The number of nitrogens with one attached hydrogen (secondary N) is 1. The molecule has 0 spiro atoms. The SMILES string of the molecule is CC(C)CC(C)CC(Cc1c(F)cccc1Cl)NN. The molecule has 1 aromatic carbocycles. The molecule has 3 N–H and O–H groups in total. The highest BCUT2D eigenvalue weighted by molar-refractivity contribution is 6.31. The summed E-state index contributed by atoms with van der Waals surface area (Å²) >= 11 is 6.04. The van der Waals surface area contributed by atoms with Crippen LogP contribution in [0.3, 0.4) is 0 Å². The highest BCUT2D eigenvalue weighted by Gasteiger charge is 2.17. The van der Waals surface area contributed by atoms with Crippen molar-refractivity contribution in [2.75, 3.05) is 0 Å². The Balaban J connectivity index is 2.66. The lowest BCUT2D eigenvalue weighted by molar-refractivity contribution is 0.351. The van der Waals surface area contributed by atoms with E-state index in [9.17, 15) is 4.39 Å². The van der Waals surface area contributed by atoms with Crippen LogP contribution in [-0.2, 0) is 6.42 Å². The van der Waals surface area contributed by atoms with Crippen LogP contribution >= 0.6 is 11.6 Å². The summed E-state index contributed by atoms with van der Waals surface area (Å²) in [6.07, 6.45) is 2.58. The first-order chi connectivity index (χ1) is 8.93. The van der Waals surface area contributed by atoms with Crippen LogP contribution in [0.15, 0.2) is 18.2 Å². The number of hydrogen-bond acceptors (Lipinski definition) is 2. The molecule has 0 heterocycles. The van der Waals surface area contributed by atoms with Crippen LogP contribution in [0.2, 0.25) is 5.02 Å². The summed E-state index contributed by atoms with van der Waals surface area (Å²) in [4.78, 5) is 0. The summed E-state index contributed by atoms with van der Waals surface area (Å²) in [5, 5.41) is 0.469. The normalized spacial score (nSPS) is 14.7. The lowest BCUT2D eigenvalue weighted by Crippen LogP contribution is -2.38. The van der Waals surface area contributed by atoms with E-state index in [1.54, 1.807) is 12.1 Å². The van der Waals surface area contributed by atoms with Gasteiger partial charge in [-0.3, -0.25) is 11.3 Å². The molecule has 1 aromatic rings. The third-order valence-corrected chi connectivity index (χ3v) is 3.66. The molecule has 0 saturated carbocycles. The molecular formula is C15H24ClFN2. The molecule has 2 unspecified atom stereocenters. The average molecular weight is 287 g/mol. The fourth-order valence-corrected chi connectivity index (χ4v) is 2.81. The molecule has 0 fully saturated rings. The summed E-state index contributed by atoms with van der Waals surface area (Å²) in [7, 11) is 0. The zero-order valence-corrected chi connectivity index (χ0v) is 12.7. The largest absolute Gasteiger partial charge is 0.271 e. The lowest BCUT2D eigenvalue weighted by Gasteiger charge is -2.22. The monoisotopic (exact) mass is 286 g/mol. The molecule has 0 saturated heterocycles. The van der Waals surface area contributed by atoms with Gasteiger partial charge < -0.3 is 0 Å². The first kappa shape index (κ1) is 16.4. The predicted molar refractivity (Wildman–Crippen MR) is 79.5 cm³/mol. The summed E-state index contributed by atoms with van der Waals surface area (Å²) < 4.78 is 13.7. The smallest absolute Gasteiger partial charge is 0.127 e. The molecule has 19 heavy (non-hydrogen) atoms. The van der Waals surface area contributed by atoms with Crippen LogP contribution in [0.5, 0.6) is 0 Å². The van der Waals surface area contributed by atoms with Gasteiger partial charge in [0, 0.05) is 16.6 Å². The van der Waals surface area contributed by atoms with E-state index in [1.165, 1.54) is 6.07 Å². The second-order valence-electron chi connectivity index (χ2n) is 5.74. The van der Waals surface area contributed by atoms with Crippen LogP contribution in [0.25, 0.3) is 0 Å². The van der Waals surface area contributed by atoms with Crippen molar-refractivity contribution in [1.29, 1.82) is 0 Å². The van der Waals surface area contributed by atoms with Gasteiger partial charge in [-0.1, -0.05) is 38.4 Å². The van der Waals surface area contributed by atoms with Gasteiger partial charge in [0.05, 0.1) is 0 Å². The van der Waals surface area contributed by atoms with Gasteiger partial charge in [0.2, 0.25) is 0 Å². The Labute approximate surface area is 120 Å². The van der Waals surface area contributed by atoms with E-state index in [2.05, 4.69) is 26.2 Å². The van der Waals surface area contributed by atoms with Crippen molar-refractivity contribution in [3.05, 3.63) is 34.6 Å². The molecule has 0 aliphatic rings. The summed E-state index contributed by atoms with van der Waals surface area (Å²) in [6.45, 7) is 6.61. The van der Waals surface area contributed by atoms with E-state index in [0.29, 0.717) is 28.8 Å². The summed E-state index contributed by atoms with van der Waals surface area (Å²) in [5.74, 6) is 6.53. The fraction of sp³-hybridized carbons (Fsp3) is 0.600. The first-order valence-corrected chi connectivity index (χ1v) is 7.20. The molecule has 0 bridgehead atoms. The van der Waals surface area contributed by atoms with Crippen molar-refractivity contribution >= 4 is 11.6 Å². The van der Waals surface area contributed by atoms with Gasteiger partial charge in [0.25, 0.3) is 0 Å². The van der Waals surface area contributed by atoms with E-state index in [1.807, 2.05) is 0 Å². The van der Waals surface area contributed by atoms with Gasteiger partial charge >= 0.3 is 0 Å². The Kier molecular flexibility index (Phi) is 6.76. The van der Waals surface area contributed by atoms with Crippen LogP contribution < -0.4 is 11.3 Å². The number of hydrogen-bond donors (Lipinski definition) is 2. The number of benzene rings is 1. The van der Waals surface area contributed by atoms with Crippen LogP contribution in [0, 0.1) is 17.7 Å². The average Bonchev–Trinajstić information content (AvgIpc) is 2.31. The van der Waals surface area contributed by atoms with Gasteiger partial charge in [0.15, 0.2) is 0 Å². The second kappa shape index (κ2) is 7.83.